The van der Waals surface area contributed by atoms with E-state index in [-0.39, 0.29) is 23.6 Å². The molecule has 0 radical (unpaired) electrons. The van der Waals surface area contributed by atoms with E-state index >= 15 is 0 Å². The van der Waals surface area contributed by atoms with Gasteiger partial charge in [-0.1, -0.05) is 25.1 Å². The molecule has 1 amide bonds. The van der Waals surface area contributed by atoms with Crippen molar-refractivity contribution in [2.75, 3.05) is 33.1 Å². The van der Waals surface area contributed by atoms with Gasteiger partial charge in [-0.15, -0.1) is 0 Å². The molecule has 1 fully saturated rings. The van der Waals surface area contributed by atoms with E-state index in [1.807, 2.05) is 25.1 Å². The Hall–Kier alpha value is -1.44. The van der Waals surface area contributed by atoms with Crippen molar-refractivity contribution in [3.05, 3.63) is 35.4 Å². The Balaban J connectivity index is 2.08. The summed E-state index contributed by atoms with van der Waals surface area (Å²) in [6, 6.07) is 7.15. The summed E-state index contributed by atoms with van der Waals surface area (Å²) in [5, 5.41) is 2.93. The van der Waals surface area contributed by atoms with E-state index in [9.17, 15) is 13.2 Å². The van der Waals surface area contributed by atoms with Crippen LogP contribution in [0.2, 0.25) is 0 Å². The minimum Gasteiger partial charge on any atom is -0.379 e. The number of nitrogens with one attached hydrogen (secondary N) is 1. The lowest BCUT2D eigenvalue weighted by Crippen LogP contribution is -2.43. The molecule has 1 aromatic carbocycles. The molecule has 1 heterocycles. The summed E-state index contributed by atoms with van der Waals surface area (Å²) in [6.07, 6.45) is 0.767. The van der Waals surface area contributed by atoms with Crippen LogP contribution in [0.25, 0.3) is 0 Å². The van der Waals surface area contributed by atoms with E-state index in [1.165, 1.54) is 18.4 Å². The molecule has 1 N–H and O–H groups in total. The molecular weight excluding hydrogens is 316 g/mol. The maximum absolute atomic E-state index is 12.5. The van der Waals surface area contributed by atoms with Crippen LogP contribution >= 0.6 is 0 Å². The summed E-state index contributed by atoms with van der Waals surface area (Å²) in [5.74, 6) is -0.439. The van der Waals surface area contributed by atoms with Crippen LogP contribution in [0.4, 0.5) is 0 Å². The Morgan fingerprint density at radius 3 is 2.65 bits per heavy atom. The molecule has 0 saturated carbocycles. The van der Waals surface area contributed by atoms with Crippen LogP contribution in [0.5, 0.6) is 0 Å². The molecule has 0 aliphatic carbocycles. The smallest absolute Gasteiger partial charge is 0.251 e. The van der Waals surface area contributed by atoms with Gasteiger partial charge in [0.2, 0.25) is 10.0 Å². The first-order valence-corrected chi connectivity index (χ1v) is 9.32. The summed E-state index contributed by atoms with van der Waals surface area (Å²) < 4.78 is 30.7. The fraction of sp³-hybridized carbons (Fsp3) is 0.562. The normalized spacial score (nSPS) is 21.6. The number of hydrogen-bond acceptors (Lipinski definition) is 4. The van der Waals surface area contributed by atoms with E-state index in [0.717, 1.165) is 12.0 Å². The van der Waals surface area contributed by atoms with Gasteiger partial charge in [0.1, 0.15) is 0 Å². The molecule has 7 heteroatoms. The highest BCUT2D eigenvalue weighted by Gasteiger charge is 2.34. The number of benzene rings is 1. The number of amides is 1. The number of rotatable bonds is 6. The summed E-state index contributed by atoms with van der Waals surface area (Å²) >= 11 is 0. The minimum atomic E-state index is -3.33. The molecule has 0 unspecified atom stereocenters. The van der Waals surface area contributed by atoms with Crippen molar-refractivity contribution in [2.45, 2.75) is 19.4 Å². The molecule has 0 aromatic heterocycles. The molecule has 6 nitrogen and oxygen atoms in total. The lowest BCUT2D eigenvalue weighted by atomic mass is 10.0. The van der Waals surface area contributed by atoms with Crippen molar-refractivity contribution in [1.29, 1.82) is 0 Å². The predicted octanol–water partition coefficient (Wildman–Crippen LogP) is 0.885. The van der Waals surface area contributed by atoms with Crippen molar-refractivity contribution in [2.24, 2.45) is 5.92 Å². The number of carbonyl (C=O) groups excluding carboxylic acids is 1. The van der Waals surface area contributed by atoms with Crippen molar-refractivity contribution < 1.29 is 17.9 Å². The average molecular weight is 340 g/mol. The lowest BCUT2D eigenvalue weighted by Gasteiger charge is -2.21. The number of carbonyl (C=O) groups is 1. The van der Waals surface area contributed by atoms with E-state index in [0.29, 0.717) is 18.8 Å². The number of aryl methyl sites for hydroxylation is 1. The first-order valence-electron chi connectivity index (χ1n) is 7.72. The van der Waals surface area contributed by atoms with E-state index < -0.39 is 10.0 Å². The monoisotopic (exact) mass is 340 g/mol. The van der Waals surface area contributed by atoms with Gasteiger partial charge in [0.25, 0.3) is 5.91 Å². The molecule has 1 saturated heterocycles. The molecule has 1 aliphatic heterocycles. The van der Waals surface area contributed by atoms with Crippen LogP contribution in [-0.2, 0) is 21.2 Å². The van der Waals surface area contributed by atoms with Crippen molar-refractivity contribution in [3.8, 4) is 0 Å². The topological polar surface area (TPSA) is 75.7 Å². The Kier molecular flexibility index (Phi) is 5.78. The largest absolute Gasteiger partial charge is 0.379 e. The maximum atomic E-state index is 12.5. The van der Waals surface area contributed by atoms with Crippen LogP contribution in [-0.4, -0.2) is 57.7 Å². The highest BCUT2D eigenvalue weighted by Crippen LogP contribution is 2.18. The Morgan fingerprint density at radius 1 is 1.30 bits per heavy atom. The number of sulfonamides is 1. The summed E-state index contributed by atoms with van der Waals surface area (Å²) in [6.45, 7) is 2.68. The Morgan fingerprint density at radius 2 is 2.00 bits per heavy atom. The Labute approximate surface area is 137 Å². The van der Waals surface area contributed by atoms with E-state index in [4.69, 9.17) is 4.74 Å². The van der Waals surface area contributed by atoms with Gasteiger partial charge in [0, 0.05) is 25.6 Å². The zero-order chi connectivity index (χ0) is 17.0. The van der Waals surface area contributed by atoms with E-state index in [2.05, 4.69) is 5.32 Å². The molecule has 2 atom stereocenters. The molecule has 128 valence electrons. The molecule has 1 aromatic rings. The van der Waals surface area contributed by atoms with Gasteiger partial charge in [-0.25, -0.2) is 12.7 Å². The van der Waals surface area contributed by atoms with Gasteiger partial charge < -0.3 is 10.1 Å². The number of ether oxygens (including phenoxy) is 1. The summed E-state index contributed by atoms with van der Waals surface area (Å²) in [5.41, 5.74) is 1.61. The third-order valence-corrected chi connectivity index (χ3v) is 6.10. The summed E-state index contributed by atoms with van der Waals surface area (Å²) in [4.78, 5) is 12.5. The SMILES string of the molecule is CCc1ccccc1C(=O)N[C@@H]1COC[C@H]1CS(=O)(=O)N(C)C. The summed E-state index contributed by atoms with van der Waals surface area (Å²) in [7, 11) is -0.305. The zero-order valence-corrected chi connectivity index (χ0v) is 14.6. The zero-order valence-electron chi connectivity index (χ0n) is 13.8. The van der Waals surface area contributed by atoms with Gasteiger partial charge in [0.15, 0.2) is 0 Å². The second-order valence-electron chi connectivity index (χ2n) is 5.95. The van der Waals surface area contributed by atoms with Gasteiger partial charge in [-0.05, 0) is 18.1 Å². The molecule has 2 rings (SSSR count). The molecule has 0 spiro atoms. The third-order valence-electron chi connectivity index (χ3n) is 4.14. The quantitative estimate of drug-likeness (QED) is 0.834. The highest BCUT2D eigenvalue weighted by molar-refractivity contribution is 7.89. The van der Waals surface area contributed by atoms with Crippen molar-refractivity contribution in [3.63, 3.8) is 0 Å². The Bertz CT molecular complexity index is 658. The molecule has 1 aliphatic rings. The fourth-order valence-electron chi connectivity index (χ4n) is 2.64. The third kappa shape index (κ3) is 4.31. The average Bonchev–Trinajstić information content (AvgIpc) is 2.93. The van der Waals surface area contributed by atoms with Crippen molar-refractivity contribution in [1.82, 2.24) is 9.62 Å². The first kappa shape index (κ1) is 17.9. The minimum absolute atomic E-state index is 0.0274. The number of hydrogen-bond donors (Lipinski definition) is 1. The van der Waals surface area contributed by atoms with Crippen LogP contribution in [0, 0.1) is 5.92 Å². The maximum Gasteiger partial charge on any atom is 0.251 e. The first-order chi connectivity index (χ1) is 10.8. The standard InChI is InChI=1S/C16H24N2O4S/c1-4-12-7-5-6-8-14(12)16(19)17-15-10-22-9-13(15)11-23(20,21)18(2)3/h5-8,13,15H,4,9-11H2,1-3H3,(H,17,19)/t13-,15+/m0/s1. The van der Waals surface area contributed by atoms with Gasteiger partial charge in [-0.2, -0.15) is 0 Å². The van der Waals surface area contributed by atoms with Crippen molar-refractivity contribution >= 4 is 15.9 Å². The van der Waals surface area contributed by atoms with Gasteiger partial charge in [0.05, 0.1) is 25.0 Å². The van der Waals surface area contributed by atoms with Crippen LogP contribution in [0.3, 0.4) is 0 Å². The van der Waals surface area contributed by atoms with Gasteiger partial charge >= 0.3 is 0 Å². The lowest BCUT2D eigenvalue weighted by molar-refractivity contribution is 0.0925. The van der Waals surface area contributed by atoms with Crippen LogP contribution < -0.4 is 5.32 Å². The molecule has 0 bridgehead atoms. The fourth-order valence-corrected chi connectivity index (χ4v) is 3.81. The number of nitrogens with zero attached hydrogens (tertiary/aromatic N) is 1. The van der Waals surface area contributed by atoms with Crippen LogP contribution in [0.1, 0.15) is 22.8 Å². The molecule has 23 heavy (non-hydrogen) atoms. The second kappa shape index (κ2) is 7.42. The van der Waals surface area contributed by atoms with E-state index in [1.54, 1.807) is 6.07 Å². The van der Waals surface area contributed by atoms with Crippen LogP contribution in [0.15, 0.2) is 24.3 Å². The second-order valence-corrected chi connectivity index (χ2v) is 8.18. The highest BCUT2D eigenvalue weighted by atomic mass is 32.2. The predicted molar refractivity (Wildman–Crippen MR) is 88.9 cm³/mol. The molecular formula is C16H24N2O4S. The van der Waals surface area contributed by atoms with Gasteiger partial charge in [-0.3, -0.25) is 4.79 Å².